The van der Waals surface area contributed by atoms with E-state index < -0.39 is 57.4 Å². The van der Waals surface area contributed by atoms with Crippen LogP contribution < -0.4 is 4.72 Å². The van der Waals surface area contributed by atoms with E-state index >= 15 is 0 Å². The Morgan fingerprint density at radius 2 is 1.83 bits per heavy atom. The summed E-state index contributed by atoms with van der Waals surface area (Å²) in [5.74, 6) is -11.1. The summed E-state index contributed by atoms with van der Waals surface area (Å²) < 4.78 is 82.3. The molecule has 2 unspecified atom stereocenters. The molecule has 0 spiro atoms. The summed E-state index contributed by atoms with van der Waals surface area (Å²) in [5.41, 5.74) is -4.82. The van der Waals surface area contributed by atoms with Crippen LogP contribution in [0.3, 0.4) is 0 Å². The van der Waals surface area contributed by atoms with Gasteiger partial charge in [-0.05, 0) is 26.8 Å². The lowest BCUT2D eigenvalue weighted by Crippen LogP contribution is -2.64. The second kappa shape index (κ2) is 6.85. The van der Waals surface area contributed by atoms with Crippen LogP contribution in [0.2, 0.25) is 0 Å². The average molecular weight is 373 g/mol. The molecule has 0 radical (unpaired) electrons. The highest BCUT2D eigenvalue weighted by molar-refractivity contribution is 7.90. The predicted octanol–water partition coefficient (Wildman–Crippen LogP) is 2.90. The molecule has 0 saturated carbocycles. The van der Waals surface area contributed by atoms with Crippen molar-refractivity contribution in [3.63, 3.8) is 0 Å². The number of carboxylic acid groups (broad SMARTS) is 1. The Bertz CT molecular complexity index is 623. The summed E-state index contributed by atoms with van der Waals surface area (Å²) in [4.78, 5) is 11.0. The first-order valence-electron chi connectivity index (χ1n) is 6.62. The Labute approximate surface area is 138 Å². The smallest absolute Gasteiger partial charge is 0.377 e. The zero-order chi connectivity index (χ0) is 18.9. The molecular formula is C14H16F5NO3S. The zero-order valence-electron chi connectivity index (χ0n) is 13.0. The minimum Gasteiger partial charge on any atom is -0.598 e. The third-order valence-electron chi connectivity index (χ3n) is 3.24. The van der Waals surface area contributed by atoms with Crippen molar-refractivity contribution in [3.05, 3.63) is 35.4 Å². The van der Waals surface area contributed by atoms with Crippen molar-refractivity contribution >= 4 is 17.3 Å². The van der Waals surface area contributed by atoms with Gasteiger partial charge in [-0.15, -0.1) is 4.72 Å². The van der Waals surface area contributed by atoms with Gasteiger partial charge in [-0.1, -0.05) is 12.1 Å². The molecule has 136 valence electrons. The number of carboxylic acids is 1. The monoisotopic (exact) mass is 373 g/mol. The molecule has 0 aromatic heterocycles. The number of alkyl halides is 3. The summed E-state index contributed by atoms with van der Waals surface area (Å²) in [7, 11) is 0. The molecule has 2 N–H and O–H groups in total. The molecule has 4 nitrogen and oxygen atoms in total. The molecule has 0 saturated heterocycles. The SMILES string of the molecule is CC(C)(C)[S+]([O-])NC(CF)(c1cccc(F)c1F)C(F)(F)C(=O)O. The first-order chi connectivity index (χ1) is 10.8. The Hall–Kier alpha value is -1.39. The van der Waals surface area contributed by atoms with Crippen LogP contribution >= 0.6 is 0 Å². The van der Waals surface area contributed by atoms with Crippen LogP contribution in [0.15, 0.2) is 18.2 Å². The van der Waals surface area contributed by atoms with Crippen molar-refractivity contribution in [3.8, 4) is 0 Å². The maximum atomic E-state index is 14.3. The van der Waals surface area contributed by atoms with Crippen LogP contribution in [0.5, 0.6) is 0 Å². The number of benzene rings is 1. The highest BCUT2D eigenvalue weighted by atomic mass is 32.2. The van der Waals surface area contributed by atoms with Crippen LogP contribution in [0.25, 0.3) is 0 Å². The van der Waals surface area contributed by atoms with E-state index in [-0.39, 0.29) is 0 Å². The quantitative estimate of drug-likeness (QED) is 0.594. The highest BCUT2D eigenvalue weighted by Crippen LogP contribution is 2.41. The predicted molar refractivity (Wildman–Crippen MR) is 77.6 cm³/mol. The molecule has 0 bridgehead atoms. The third-order valence-corrected chi connectivity index (χ3v) is 4.89. The van der Waals surface area contributed by atoms with Gasteiger partial charge in [-0.25, -0.2) is 18.0 Å². The number of nitrogens with one attached hydrogen (secondary N) is 1. The summed E-state index contributed by atoms with van der Waals surface area (Å²) >= 11 is -2.41. The van der Waals surface area contributed by atoms with Gasteiger partial charge in [0.2, 0.25) is 0 Å². The molecule has 0 aliphatic rings. The number of halogens is 5. The van der Waals surface area contributed by atoms with Crippen molar-refractivity contribution in [2.75, 3.05) is 6.67 Å². The summed E-state index contributed by atoms with van der Waals surface area (Å²) in [6.45, 7) is 1.90. The first-order valence-corrected chi connectivity index (χ1v) is 7.77. The van der Waals surface area contributed by atoms with Gasteiger partial charge in [0, 0.05) is 16.9 Å². The summed E-state index contributed by atoms with van der Waals surface area (Å²) in [6, 6.07) is 2.03. The largest absolute Gasteiger partial charge is 0.598 e. The Morgan fingerprint density at radius 3 is 2.25 bits per heavy atom. The molecule has 0 aliphatic carbocycles. The van der Waals surface area contributed by atoms with E-state index in [1.807, 2.05) is 0 Å². The van der Waals surface area contributed by atoms with E-state index in [4.69, 9.17) is 5.11 Å². The molecule has 0 aliphatic heterocycles. The number of aliphatic carboxylic acids is 1. The Balaban J connectivity index is 3.68. The minimum absolute atomic E-state index is 0.599. The van der Waals surface area contributed by atoms with Gasteiger partial charge in [-0.3, -0.25) is 0 Å². The van der Waals surface area contributed by atoms with Crippen molar-refractivity contribution in [2.24, 2.45) is 0 Å². The maximum absolute atomic E-state index is 14.3. The van der Waals surface area contributed by atoms with Gasteiger partial charge < -0.3 is 9.66 Å². The maximum Gasteiger partial charge on any atom is 0.377 e. The summed E-state index contributed by atoms with van der Waals surface area (Å²) in [5, 5.41) is 8.77. The lowest BCUT2D eigenvalue weighted by atomic mass is 9.85. The second-order valence-corrected chi connectivity index (χ2v) is 7.97. The van der Waals surface area contributed by atoms with E-state index in [1.165, 1.54) is 20.8 Å². The fraction of sp³-hybridized carbons (Fsp3) is 0.500. The third kappa shape index (κ3) is 3.50. The van der Waals surface area contributed by atoms with Gasteiger partial charge in [0.25, 0.3) is 0 Å². The lowest BCUT2D eigenvalue weighted by molar-refractivity contribution is -0.180. The number of hydrogen-bond donors (Lipinski definition) is 2. The van der Waals surface area contributed by atoms with Crippen molar-refractivity contribution in [2.45, 2.75) is 37.0 Å². The normalized spacial score (nSPS) is 16.5. The molecular weight excluding hydrogens is 357 g/mol. The van der Waals surface area contributed by atoms with Gasteiger partial charge in [0.1, 0.15) is 11.4 Å². The first kappa shape index (κ1) is 20.7. The Kier molecular flexibility index (Phi) is 5.89. The van der Waals surface area contributed by atoms with Crippen LogP contribution in [0.1, 0.15) is 26.3 Å². The van der Waals surface area contributed by atoms with Crippen LogP contribution in [-0.4, -0.2) is 33.0 Å². The molecule has 1 aromatic carbocycles. The molecule has 1 aromatic rings. The van der Waals surface area contributed by atoms with Gasteiger partial charge in [-0.2, -0.15) is 8.78 Å². The van der Waals surface area contributed by atoms with Crippen LogP contribution in [0.4, 0.5) is 22.0 Å². The Morgan fingerprint density at radius 1 is 1.29 bits per heavy atom. The fourth-order valence-electron chi connectivity index (χ4n) is 1.80. The number of rotatable bonds is 6. The van der Waals surface area contributed by atoms with E-state index in [1.54, 1.807) is 4.72 Å². The van der Waals surface area contributed by atoms with Crippen LogP contribution in [0, 0.1) is 11.6 Å². The molecule has 0 amide bonds. The number of carbonyl (C=O) groups is 1. The van der Waals surface area contributed by atoms with Crippen molar-refractivity contribution in [1.82, 2.24) is 4.72 Å². The minimum atomic E-state index is -4.92. The van der Waals surface area contributed by atoms with Gasteiger partial charge in [0.15, 0.2) is 17.2 Å². The molecule has 24 heavy (non-hydrogen) atoms. The molecule has 2 atom stereocenters. The van der Waals surface area contributed by atoms with E-state index in [0.717, 1.165) is 6.07 Å². The fourth-order valence-corrected chi connectivity index (χ4v) is 2.71. The summed E-state index contributed by atoms with van der Waals surface area (Å²) in [6.07, 6.45) is 0. The van der Waals surface area contributed by atoms with E-state index in [2.05, 4.69) is 0 Å². The molecule has 10 heteroatoms. The van der Waals surface area contributed by atoms with Gasteiger partial charge >= 0.3 is 11.9 Å². The van der Waals surface area contributed by atoms with Crippen molar-refractivity contribution in [1.29, 1.82) is 0 Å². The standard InChI is InChI=1S/C14H16F5NO3S/c1-12(2,3)24(23)20-13(7-15,14(18,19)11(21)22)8-5-4-6-9(16)10(8)17/h4-6,20H,7H2,1-3H3,(H,21,22). The highest BCUT2D eigenvalue weighted by Gasteiger charge is 2.65. The lowest BCUT2D eigenvalue weighted by Gasteiger charge is -2.38. The van der Waals surface area contributed by atoms with Crippen molar-refractivity contribution < 1.29 is 36.4 Å². The van der Waals surface area contributed by atoms with E-state index in [0.29, 0.717) is 12.1 Å². The zero-order valence-corrected chi connectivity index (χ0v) is 13.8. The van der Waals surface area contributed by atoms with E-state index in [9.17, 15) is 31.3 Å². The number of hydrogen-bond acceptors (Lipinski definition) is 3. The molecule has 0 fully saturated rings. The molecule has 0 heterocycles. The second-order valence-electron chi connectivity index (χ2n) is 6.00. The topological polar surface area (TPSA) is 72.4 Å². The van der Waals surface area contributed by atoms with Crippen LogP contribution in [-0.2, 0) is 21.7 Å². The molecule has 1 rings (SSSR count). The van der Waals surface area contributed by atoms with Gasteiger partial charge in [0.05, 0.1) is 0 Å². The average Bonchev–Trinajstić information content (AvgIpc) is 2.46.